The number of nitrogens with zero attached hydrogens (tertiary/aromatic N) is 2. The van der Waals surface area contributed by atoms with Gasteiger partial charge in [0.2, 0.25) is 0 Å². The number of nitro groups is 2. The number of carbonyl (C=O) groups excluding carboxylic acids is 1. The Hall–Kier alpha value is -3.62. The van der Waals surface area contributed by atoms with E-state index in [0.29, 0.717) is 0 Å². The second-order valence-corrected chi connectivity index (χ2v) is 4.43. The molecule has 0 fully saturated rings. The van der Waals surface area contributed by atoms with E-state index in [1.54, 1.807) is 0 Å². The van der Waals surface area contributed by atoms with Gasteiger partial charge in [0.1, 0.15) is 0 Å². The van der Waals surface area contributed by atoms with Gasteiger partial charge in [0.15, 0.2) is 5.78 Å². The molecule has 0 atom stereocenters. The van der Waals surface area contributed by atoms with E-state index < -0.39 is 27.3 Å². The van der Waals surface area contributed by atoms with Crippen LogP contribution in [0.5, 0.6) is 0 Å². The molecule has 0 radical (unpaired) electrons. The molecule has 0 unspecified atom stereocenters. The zero-order chi connectivity index (χ0) is 17.1. The Labute approximate surface area is 128 Å². The summed E-state index contributed by atoms with van der Waals surface area (Å²) < 4.78 is 0. The van der Waals surface area contributed by atoms with Crippen molar-refractivity contribution in [3.05, 3.63) is 79.4 Å². The summed E-state index contributed by atoms with van der Waals surface area (Å²) >= 11 is 0. The Morgan fingerprint density at radius 1 is 0.826 bits per heavy atom. The van der Waals surface area contributed by atoms with E-state index in [-0.39, 0.29) is 22.4 Å². The van der Waals surface area contributed by atoms with Crippen molar-refractivity contribution in [1.82, 2.24) is 0 Å². The topological polar surface area (TPSA) is 141 Å². The molecule has 0 aromatic heterocycles. The average Bonchev–Trinajstić information content (AvgIpc) is 2.53. The standard InChI is InChI=1S/C14H8N2O7/c17-13(8-1-3-9(4-2-8)15(20)21)12-7-10(16(22)23)5-6-11(12)14(18)19/h1-7H,(H,18,19). The van der Waals surface area contributed by atoms with Gasteiger partial charge in [0.05, 0.1) is 15.4 Å². The van der Waals surface area contributed by atoms with Gasteiger partial charge in [-0.3, -0.25) is 25.0 Å². The molecule has 0 aliphatic carbocycles. The molecule has 0 aliphatic rings. The summed E-state index contributed by atoms with van der Waals surface area (Å²) in [5, 5.41) is 30.5. The summed E-state index contributed by atoms with van der Waals surface area (Å²) in [6.45, 7) is 0. The minimum Gasteiger partial charge on any atom is -0.478 e. The number of aromatic carboxylic acids is 1. The van der Waals surface area contributed by atoms with Crippen LogP contribution >= 0.6 is 0 Å². The van der Waals surface area contributed by atoms with Gasteiger partial charge in [-0.1, -0.05) is 0 Å². The molecule has 1 N–H and O–H groups in total. The van der Waals surface area contributed by atoms with E-state index in [1.165, 1.54) is 0 Å². The molecule has 9 heteroatoms. The van der Waals surface area contributed by atoms with Crippen LogP contribution in [0, 0.1) is 20.2 Å². The number of carboxylic acids is 1. The van der Waals surface area contributed by atoms with Crippen molar-refractivity contribution in [3.8, 4) is 0 Å². The molecule has 116 valence electrons. The lowest BCUT2D eigenvalue weighted by atomic mass is 9.97. The van der Waals surface area contributed by atoms with E-state index in [4.69, 9.17) is 5.11 Å². The predicted molar refractivity (Wildman–Crippen MR) is 76.6 cm³/mol. The quantitative estimate of drug-likeness (QED) is 0.507. The number of benzene rings is 2. The van der Waals surface area contributed by atoms with Gasteiger partial charge >= 0.3 is 5.97 Å². The van der Waals surface area contributed by atoms with Crippen molar-refractivity contribution < 1.29 is 24.5 Å². The first-order chi connectivity index (χ1) is 10.8. The van der Waals surface area contributed by atoms with E-state index in [2.05, 4.69) is 0 Å². The third-order valence-corrected chi connectivity index (χ3v) is 3.03. The maximum atomic E-state index is 12.4. The Morgan fingerprint density at radius 3 is 1.83 bits per heavy atom. The molecule has 0 saturated heterocycles. The summed E-state index contributed by atoms with van der Waals surface area (Å²) in [6.07, 6.45) is 0. The molecular formula is C14H8N2O7. The van der Waals surface area contributed by atoms with Crippen LogP contribution in [0.3, 0.4) is 0 Å². The Bertz CT molecular complexity index is 828. The van der Waals surface area contributed by atoms with Crippen LogP contribution in [-0.2, 0) is 0 Å². The highest BCUT2D eigenvalue weighted by atomic mass is 16.6. The minimum atomic E-state index is -1.41. The third-order valence-electron chi connectivity index (χ3n) is 3.03. The van der Waals surface area contributed by atoms with Gasteiger partial charge in [0, 0.05) is 35.4 Å². The summed E-state index contributed by atoms with van der Waals surface area (Å²) in [4.78, 5) is 43.5. The van der Waals surface area contributed by atoms with Crippen molar-refractivity contribution in [2.75, 3.05) is 0 Å². The number of non-ortho nitro benzene ring substituents is 2. The van der Waals surface area contributed by atoms with Gasteiger partial charge in [0.25, 0.3) is 11.4 Å². The van der Waals surface area contributed by atoms with Crippen LogP contribution < -0.4 is 0 Å². The number of hydrogen-bond acceptors (Lipinski definition) is 6. The first-order valence-corrected chi connectivity index (χ1v) is 6.12. The zero-order valence-electron chi connectivity index (χ0n) is 11.3. The van der Waals surface area contributed by atoms with Crippen molar-refractivity contribution in [1.29, 1.82) is 0 Å². The number of nitro benzene ring substituents is 2. The van der Waals surface area contributed by atoms with Gasteiger partial charge in [-0.05, 0) is 18.2 Å². The molecule has 23 heavy (non-hydrogen) atoms. The maximum absolute atomic E-state index is 12.4. The summed E-state index contributed by atoms with van der Waals surface area (Å²) in [5.41, 5.74) is -1.43. The number of rotatable bonds is 5. The highest BCUT2D eigenvalue weighted by Gasteiger charge is 2.22. The summed E-state index contributed by atoms with van der Waals surface area (Å²) in [5.74, 6) is -2.19. The average molecular weight is 316 g/mol. The van der Waals surface area contributed by atoms with Crippen LogP contribution in [0.4, 0.5) is 11.4 Å². The third kappa shape index (κ3) is 3.18. The highest BCUT2D eigenvalue weighted by molar-refractivity contribution is 6.14. The van der Waals surface area contributed by atoms with Crippen LogP contribution in [0.1, 0.15) is 26.3 Å². The minimum absolute atomic E-state index is 0.0152. The highest BCUT2D eigenvalue weighted by Crippen LogP contribution is 2.22. The first-order valence-electron chi connectivity index (χ1n) is 6.12. The number of ketones is 1. The molecule has 0 bridgehead atoms. The lowest BCUT2D eigenvalue weighted by Crippen LogP contribution is -2.10. The molecule has 2 aromatic carbocycles. The zero-order valence-corrected chi connectivity index (χ0v) is 11.3. The molecule has 0 heterocycles. The number of carbonyl (C=O) groups is 2. The van der Waals surface area contributed by atoms with E-state index in [9.17, 15) is 29.8 Å². The SMILES string of the molecule is O=C(O)c1ccc([N+](=O)[O-])cc1C(=O)c1ccc([N+](=O)[O-])cc1. The monoisotopic (exact) mass is 316 g/mol. The van der Waals surface area contributed by atoms with Gasteiger partial charge in [-0.25, -0.2) is 4.79 Å². The van der Waals surface area contributed by atoms with Crippen LogP contribution in [-0.4, -0.2) is 26.7 Å². The molecule has 0 saturated carbocycles. The fourth-order valence-corrected chi connectivity index (χ4v) is 1.91. The van der Waals surface area contributed by atoms with Crippen LogP contribution in [0.2, 0.25) is 0 Å². The second kappa shape index (κ2) is 6.02. The molecule has 2 aromatic rings. The van der Waals surface area contributed by atoms with E-state index >= 15 is 0 Å². The molecule has 0 aliphatic heterocycles. The first kappa shape index (κ1) is 15.8. The predicted octanol–water partition coefficient (Wildman–Crippen LogP) is 2.43. The van der Waals surface area contributed by atoms with Crippen LogP contribution in [0.15, 0.2) is 42.5 Å². The Balaban J connectivity index is 2.52. The Kier molecular flexibility index (Phi) is 4.12. The van der Waals surface area contributed by atoms with Gasteiger partial charge < -0.3 is 5.11 Å². The number of carboxylic acid groups (broad SMARTS) is 1. The van der Waals surface area contributed by atoms with E-state index in [0.717, 1.165) is 42.5 Å². The van der Waals surface area contributed by atoms with E-state index in [1.807, 2.05) is 0 Å². The van der Waals surface area contributed by atoms with Crippen molar-refractivity contribution in [2.24, 2.45) is 0 Å². The van der Waals surface area contributed by atoms with Gasteiger partial charge in [-0.2, -0.15) is 0 Å². The molecular weight excluding hydrogens is 308 g/mol. The molecule has 2 rings (SSSR count). The number of hydrogen-bond donors (Lipinski definition) is 1. The fourth-order valence-electron chi connectivity index (χ4n) is 1.91. The van der Waals surface area contributed by atoms with Crippen molar-refractivity contribution in [2.45, 2.75) is 0 Å². The largest absolute Gasteiger partial charge is 0.478 e. The maximum Gasteiger partial charge on any atom is 0.336 e. The lowest BCUT2D eigenvalue weighted by molar-refractivity contribution is -0.385. The second-order valence-electron chi connectivity index (χ2n) is 4.43. The smallest absolute Gasteiger partial charge is 0.336 e. The van der Waals surface area contributed by atoms with Gasteiger partial charge in [-0.15, -0.1) is 0 Å². The molecule has 0 amide bonds. The molecule has 9 nitrogen and oxygen atoms in total. The Morgan fingerprint density at radius 2 is 1.35 bits per heavy atom. The van der Waals surface area contributed by atoms with Crippen molar-refractivity contribution in [3.63, 3.8) is 0 Å². The summed E-state index contributed by atoms with van der Waals surface area (Å²) in [7, 11) is 0. The summed E-state index contributed by atoms with van der Waals surface area (Å²) in [6, 6.07) is 7.31. The molecule has 0 spiro atoms. The lowest BCUT2D eigenvalue weighted by Gasteiger charge is -2.05. The normalized spacial score (nSPS) is 10.1. The van der Waals surface area contributed by atoms with Crippen molar-refractivity contribution >= 4 is 23.1 Å². The fraction of sp³-hybridized carbons (Fsp3) is 0. The van der Waals surface area contributed by atoms with Crippen LogP contribution in [0.25, 0.3) is 0 Å².